The number of anilines is 1. The van der Waals surface area contributed by atoms with Gasteiger partial charge in [-0.2, -0.15) is 0 Å². The Kier molecular flexibility index (Phi) is 4.06. The number of amides is 1. The van der Waals surface area contributed by atoms with Gasteiger partial charge in [-0.05, 0) is 18.2 Å². The van der Waals surface area contributed by atoms with Crippen molar-refractivity contribution in [3.8, 4) is 0 Å². The topological polar surface area (TPSA) is 75.8 Å². The highest BCUT2D eigenvalue weighted by molar-refractivity contribution is 6.31. The molecule has 5 nitrogen and oxygen atoms in total. The van der Waals surface area contributed by atoms with Gasteiger partial charge in [-0.25, -0.2) is 0 Å². The molecular formula is C12H15ClN2O3. The van der Waals surface area contributed by atoms with Crippen molar-refractivity contribution >= 4 is 23.2 Å². The van der Waals surface area contributed by atoms with Gasteiger partial charge in [0.15, 0.2) is 0 Å². The molecule has 1 unspecified atom stereocenters. The largest absolute Gasteiger partial charge is 0.398 e. The predicted molar refractivity (Wildman–Crippen MR) is 68.6 cm³/mol. The number of halogens is 1. The first-order valence-corrected chi connectivity index (χ1v) is 6.06. The number of carbonyl (C=O) groups is 1. The summed E-state index contributed by atoms with van der Waals surface area (Å²) in [5.41, 5.74) is 6.57. The van der Waals surface area contributed by atoms with E-state index in [0.717, 1.165) is 0 Å². The first kappa shape index (κ1) is 13.1. The first-order valence-electron chi connectivity index (χ1n) is 5.68. The Labute approximate surface area is 110 Å². The summed E-state index contributed by atoms with van der Waals surface area (Å²) in [6, 6.07) is 4.81. The highest BCUT2D eigenvalue weighted by Crippen LogP contribution is 2.20. The number of nitrogens with zero attached hydrogens (tertiary/aromatic N) is 1. The minimum Gasteiger partial charge on any atom is -0.398 e. The van der Waals surface area contributed by atoms with E-state index in [1.807, 2.05) is 0 Å². The van der Waals surface area contributed by atoms with E-state index in [1.54, 1.807) is 23.1 Å². The van der Waals surface area contributed by atoms with Crippen molar-refractivity contribution in [3.63, 3.8) is 0 Å². The highest BCUT2D eigenvalue weighted by atomic mass is 35.5. The van der Waals surface area contributed by atoms with Crippen LogP contribution in [0.25, 0.3) is 0 Å². The Hall–Kier alpha value is -1.30. The molecule has 0 aromatic heterocycles. The van der Waals surface area contributed by atoms with Crippen LogP contribution in [0, 0.1) is 0 Å². The maximum Gasteiger partial charge on any atom is 0.256 e. The number of aliphatic hydroxyl groups is 1. The number of ether oxygens (including phenoxy) is 1. The molecule has 1 aromatic carbocycles. The SMILES string of the molecule is Nc1ccc(Cl)cc1C(=O)N1CCOC(CO)C1. The number of hydrogen-bond acceptors (Lipinski definition) is 4. The number of carbonyl (C=O) groups excluding carboxylic acids is 1. The molecule has 0 saturated carbocycles. The third kappa shape index (κ3) is 2.75. The molecule has 98 valence electrons. The summed E-state index contributed by atoms with van der Waals surface area (Å²) >= 11 is 5.86. The molecule has 0 aliphatic carbocycles. The van der Waals surface area contributed by atoms with E-state index in [-0.39, 0.29) is 18.6 Å². The lowest BCUT2D eigenvalue weighted by molar-refractivity contribution is -0.0447. The van der Waals surface area contributed by atoms with Gasteiger partial charge >= 0.3 is 0 Å². The Balaban J connectivity index is 2.17. The number of aliphatic hydroxyl groups excluding tert-OH is 1. The molecule has 0 spiro atoms. The Morgan fingerprint density at radius 1 is 1.61 bits per heavy atom. The van der Waals surface area contributed by atoms with Crippen LogP contribution in [0.4, 0.5) is 5.69 Å². The minimum atomic E-state index is -0.330. The Bertz CT molecular complexity index is 453. The molecule has 1 amide bonds. The van der Waals surface area contributed by atoms with Crippen LogP contribution in [0.15, 0.2) is 18.2 Å². The second kappa shape index (κ2) is 5.56. The molecule has 1 aliphatic rings. The maximum absolute atomic E-state index is 12.3. The lowest BCUT2D eigenvalue weighted by Crippen LogP contribution is -2.47. The van der Waals surface area contributed by atoms with Crippen LogP contribution in [0.1, 0.15) is 10.4 Å². The van der Waals surface area contributed by atoms with E-state index in [2.05, 4.69) is 0 Å². The zero-order valence-electron chi connectivity index (χ0n) is 9.80. The van der Waals surface area contributed by atoms with Gasteiger partial charge in [0.25, 0.3) is 5.91 Å². The Morgan fingerprint density at radius 2 is 2.39 bits per heavy atom. The number of morpholine rings is 1. The molecule has 2 rings (SSSR count). The highest BCUT2D eigenvalue weighted by Gasteiger charge is 2.25. The summed E-state index contributed by atoms with van der Waals surface area (Å²) in [5, 5.41) is 9.52. The molecule has 1 atom stereocenters. The van der Waals surface area contributed by atoms with E-state index in [9.17, 15) is 4.79 Å². The van der Waals surface area contributed by atoms with Crippen molar-refractivity contribution in [2.24, 2.45) is 0 Å². The molecular weight excluding hydrogens is 256 g/mol. The average Bonchev–Trinajstić information content (AvgIpc) is 2.41. The van der Waals surface area contributed by atoms with Gasteiger partial charge < -0.3 is 20.5 Å². The van der Waals surface area contributed by atoms with Crippen LogP contribution in [0.3, 0.4) is 0 Å². The van der Waals surface area contributed by atoms with Crippen molar-refractivity contribution in [2.45, 2.75) is 6.10 Å². The number of nitrogens with two attached hydrogens (primary N) is 1. The zero-order chi connectivity index (χ0) is 13.1. The van der Waals surface area contributed by atoms with Gasteiger partial charge in [0.05, 0.1) is 24.9 Å². The molecule has 0 bridgehead atoms. The molecule has 1 aliphatic heterocycles. The number of hydrogen-bond donors (Lipinski definition) is 2. The fraction of sp³-hybridized carbons (Fsp3) is 0.417. The molecule has 18 heavy (non-hydrogen) atoms. The molecule has 1 saturated heterocycles. The van der Waals surface area contributed by atoms with E-state index in [4.69, 9.17) is 27.2 Å². The minimum absolute atomic E-state index is 0.102. The lowest BCUT2D eigenvalue weighted by Gasteiger charge is -2.32. The van der Waals surface area contributed by atoms with Gasteiger partial charge in [0, 0.05) is 23.8 Å². The van der Waals surface area contributed by atoms with E-state index in [0.29, 0.717) is 36.0 Å². The van der Waals surface area contributed by atoms with Crippen LogP contribution >= 0.6 is 11.6 Å². The van der Waals surface area contributed by atoms with Crippen molar-refractivity contribution in [1.82, 2.24) is 4.90 Å². The molecule has 6 heteroatoms. The van der Waals surface area contributed by atoms with Crippen LogP contribution in [-0.4, -0.2) is 48.3 Å². The van der Waals surface area contributed by atoms with Gasteiger partial charge in [-0.15, -0.1) is 0 Å². The number of nitrogen functional groups attached to an aromatic ring is 1. The third-order valence-electron chi connectivity index (χ3n) is 2.88. The zero-order valence-corrected chi connectivity index (χ0v) is 10.6. The standard InChI is InChI=1S/C12H15ClN2O3/c13-8-1-2-11(14)10(5-8)12(17)15-3-4-18-9(6-15)7-16/h1-2,5,9,16H,3-4,6-7,14H2. The fourth-order valence-corrected chi connectivity index (χ4v) is 2.07. The molecule has 3 N–H and O–H groups in total. The van der Waals surface area contributed by atoms with Crippen LogP contribution in [0.5, 0.6) is 0 Å². The average molecular weight is 271 g/mol. The number of rotatable bonds is 2. The van der Waals surface area contributed by atoms with Gasteiger partial charge in [0.1, 0.15) is 0 Å². The molecule has 1 fully saturated rings. The lowest BCUT2D eigenvalue weighted by atomic mass is 10.1. The predicted octanol–water partition coefficient (Wildman–Crippen LogP) is 0.756. The summed E-state index contributed by atoms with van der Waals surface area (Å²) < 4.78 is 5.30. The summed E-state index contributed by atoms with van der Waals surface area (Å²) in [6.07, 6.45) is -0.330. The first-order chi connectivity index (χ1) is 8.61. The van der Waals surface area contributed by atoms with Crippen molar-refractivity contribution in [3.05, 3.63) is 28.8 Å². The second-order valence-corrected chi connectivity index (χ2v) is 4.59. The van der Waals surface area contributed by atoms with Gasteiger partial charge in [0.2, 0.25) is 0 Å². The van der Waals surface area contributed by atoms with Crippen LogP contribution in [-0.2, 0) is 4.74 Å². The van der Waals surface area contributed by atoms with Crippen LogP contribution < -0.4 is 5.73 Å². The summed E-state index contributed by atoms with van der Waals surface area (Å²) in [5.74, 6) is -0.184. The molecule has 1 heterocycles. The fourth-order valence-electron chi connectivity index (χ4n) is 1.90. The van der Waals surface area contributed by atoms with Crippen molar-refractivity contribution < 1.29 is 14.6 Å². The monoisotopic (exact) mass is 270 g/mol. The van der Waals surface area contributed by atoms with E-state index >= 15 is 0 Å². The third-order valence-corrected chi connectivity index (χ3v) is 3.11. The molecule has 1 aromatic rings. The van der Waals surface area contributed by atoms with Crippen LogP contribution in [0.2, 0.25) is 5.02 Å². The van der Waals surface area contributed by atoms with Gasteiger partial charge in [-0.3, -0.25) is 4.79 Å². The van der Waals surface area contributed by atoms with E-state index < -0.39 is 0 Å². The molecule has 0 radical (unpaired) electrons. The normalized spacial score (nSPS) is 19.9. The van der Waals surface area contributed by atoms with E-state index in [1.165, 1.54) is 0 Å². The number of benzene rings is 1. The quantitative estimate of drug-likeness (QED) is 0.778. The van der Waals surface area contributed by atoms with Crippen molar-refractivity contribution in [2.75, 3.05) is 32.0 Å². The summed E-state index contributed by atoms with van der Waals surface area (Å²) in [6.45, 7) is 1.16. The van der Waals surface area contributed by atoms with Gasteiger partial charge in [-0.1, -0.05) is 11.6 Å². The van der Waals surface area contributed by atoms with Crippen molar-refractivity contribution in [1.29, 1.82) is 0 Å². The summed E-state index contributed by atoms with van der Waals surface area (Å²) in [7, 11) is 0. The smallest absolute Gasteiger partial charge is 0.256 e. The second-order valence-electron chi connectivity index (χ2n) is 4.16. The summed E-state index contributed by atoms with van der Waals surface area (Å²) in [4.78, 5) is 13.9. The maximum atomic E-state index is 12.3. The Morgan fingerprint density at radius 3 is 3.11 bits per heavy atom.